The van der Waals surface area contributed by atoms with Gasteiger partial charge in [0, 0.05) is 30.5 Å². The van der Waals surface area contributed by atoms with Crippen molar-refractivity contribution in [3.8, 4) is 0 Å². The number of rotatable bonds is 7. The highest BCUT2D eigenvalue weighted by atomic mass is 79.9. The Bertz CT molecular complexity index is 424. The van der Waals surface area contributed by atoms with Crippen molar-refractivity contribution in [2.24, 2.45) is 5.92 Å². The van der Waals surface area contributed by atoms with E-state index in [2.05, 4.69) is 40.4 Å². The van der Waals surface area contributed by atoms with Crippen molar-refractivity contribution in [1.29, 1.82) is 0 Å². The van der Waals surface area contributed by atoms with Crippen LogP contribution in [0.1, 0.15) is 25.8 Å². The molecule has 19 heavy (non-hydrogen) atoms. The molecule has 0 aliphatic carbocycles. The van der Waals surface area contributed by atoms with Gasteiger partial charge in [-0.25, -0.2) is 0 Å². The van der Waals surface area contributed by atoms with Crippen LogP contribution < -0.4 is 10.6 Å². The summed E-state index contributed by atoms with van der Waals surface area (Å²) in [4.78, 5) is 11.5. The molecule has 1 aromatic carbocycles. The third kappa shape index (κ3) is 6.95. The fourth-order valence-corrected chi connectivity index (χ4v) is 2.03. The van der Waals surface area contributed by atoms with Gasteiger partial charge in [0.2, 0.25) is 5.91 Å². The molecule has 0 spiro atoms. The lowest BCUT2D eigenvalue weighted by Gasteiger charge is -2.08. The predicted octanol–water partition coefficient (Wildman–Crippen LogP) is 3.35. The number of nitrogens with one attached hydrogen (secondary N) is 2. The van der Waals surface area contributed by atoms with E-state index in [4.69, 9.17) is 11.6 Å². The number of carbonyl (C=O) groups excluding carboxylic acids is 1. The van der Waals surface area contributed by atoms with Crippen LogP contribution in [0.2, 0.25) is 5.02 Å². The lowest BCUT2D eigenvalue weighted by Crippen LogP contribution is -2.30. The van der Waals surface area contributed by atoms with Crippen molar-refractivity contribution in [3.05, 3.63) is 33.3 Å². The molecule has 0 radical (unpaired) electrons. The summed E-state index contributed by atoms with van der Waals surface area (Å²) in [5.74, 6) is 0.585. The zero-order valence-electron chi connectivity index (χ0n) is 11.3. The van der Waals surface area contributed by atoms with E-state index in [0.717, 1.165) is 23.1 Å². The summed E-state index contributed by atoms with van der Waals surface area (Å²) < 4.78 is 0.892. The lowest BCUT2D eigenvalue weighted by atomic mass is 10.2. The number of halogens is 2. The quantitative estimate of drug-likeness (QED) is 0.743. The van der Waals surface area contributed by atoms with Crippen LogP contribution in [-0.4, -0.2) is 19.0 Å². The molecule has 0 heterocycles. The largest absolute Gasteiger partial charge is 0.356 e. The fourth-order valence-electron chi connectivity index (χ4n) is 1.49. The van der Waals surface area contributed by atoms with E-state index in [1.165, 1.54) is 0 Å². The minimum absolute atomic E-state index is 0.0958. The maximum absolute atomic E-state index is 11.5. The van der Waals surface area contributed by atoms with E-state index in [1.54, 1.807) is 0 Å². The Morgan fingerprint density at radius 3 is 2.79 bits per heavy atom. The highest BCUT2D eigenvalue weighted by molar-refractivity contribution is 9.10. The van der Waals surface area contributed by atoms with Gasteiger partial charge in [-0.1, -0.05) is 31.5 Å². The van der Waals surface area contributed by atoms with Gasteiger partial charge in [-0.15, -0.1) is 0 Å². The summed E-state index contributed by atoms with van der Waals surface area (Å²) in [5, 5.41) is 6.84. The van der Waals surface area contributed by atoms with Gasteiger partial charge in [0.15, 0.2) is 0 Å². The molecule has 0 saturated carbocycles. The second-order valence-corrected chi connectivity index (χ2v) is 6.13. The minimum atomic E-state index is 0.0958. The van der Waals surface area contributed by atoms with Gasteiger partial charge < -0.3 is 10.6 Å². The van der Waals surface area contributed by atoms with Gasteiger partial charge in [-0.2, -0.15) is 0 Å². The molecular formula is C14H20BrClN2O. The second-order valence-electron chi connectivity index (χ2n) is 4.87. The van der Waals surface area contributed by atoms with Crippen LogP contribution in [0.15, 0.2) is 22.7 Å². The molecule has 0 fully saturated rings. The van der Waals surface area contributed by atoms with Gasteiger partial charge in [0.1, 0.15) is 0 Å². The van der Waals surface area contributed by atoms with Crippen LogP contribution in [0.4, 0.5) is 0 Å². The Kier molecular flexibility index (Phi) is 7.42. The van der Waals surface area contributed by atoms with E-state index in [-0.39, 0.29) is 5.91 Å². The van der Waals surface area contributed by atoms with E-state index < -0.39 is 0 Å². The van der Waals surface area contributed by atoms with Crippen molar-refractivity contribution >= 4 is 33.4 Å². The van der Waals surface area contributed by atoms with E-state index in [0.29, 0.717) is 23.9 Å². The Morgan fingerprint density at radius 2 is 2.16 bits per heavy atom. The van der Waals surface area contributed by atoms with Gasteiger partial charge in [0.05, 0.1) is 5.02 Å². The summed E-state index contributed by atoms with van der Waals surface area (Å²) in [6, 6.07) is 5.81. The summed E-state index contributed by atoms with van der Waals surface area (Å²) in [7, 11) is 0. The number of benzene rings is 1. The average Bonchev–Trinajstić information content (AvgIpc) is 2.36. The molecular weight excluding hydrogens is 328 g/mol. The molecule has 0 unspecified atom stereocenters. The summed E-state index contributed by atoms with van der Waals surface area (Å²) in [6.07, 6.45) is 0.501. The number of hydrogen-bond acceptors (Lipinski definition) is 2. The molecule has 1 aromatic rings. The molecule has 0 aliphatic heterocycles. The molecule has 106 valence electrons. The highest BCUT2D eigenvalue weighted by Crippen LogP contribution is 2.22. The molecule has 1 rings (SSSR count). The van der Waals surface area contributed by atoms with Gasteiger partial charge >= 0.3 is 0 Å². The molecule has 5 heteroatoms. The Balaban J connectivity index is 2.20. The molecule has 3 nitrogen and oxygen atoms in total. The van der Waals surface area contributed by atoms with Crippen LogP contribution in [0, 0.1) is 5.92 Å². The topological polar surface area (TPSA) is 41.1 Å². The monoisotopic (exact) mass is 346 g/mol. The van der Waals surface area contributed by atoms with Crippen molar-refractivity contribution < 1.29 is 4.79 Å². The normalized spacial score (nSPS) is 10.8. The van der Waals surface area contributed by atoms with Crippen molar-refractivity contribution in [2.45, 2.75) is 26.8 Å². The molecule has 0 saturated heterocycles. The predicted molar refractivity (Wildman–Crippen MR) is 83.3 cm³/mol. The second kappa shape index (κ2) is 8.56. The number of amides is 1. The minimum Gasteiger partial charge on any atom is -0.356 e. The van der Waals surface area contributed by atoms with Gasteiger partial charge in [-0.3, -0.25) is 4.79 Å². The van der Waals surface area contributed by atoms with Crippen molar-refractivity contribution in [2.75, 3.05) is 13.1 Å². The van der Waals surface area contributed by atoms with Crippen LogP contribution >= 0.6 is 27.5 Å². The number of hydrogen-bond donors (Lipinski definition) is 2. The standard InChI is InChI=1S/C14H20BrClN2O/c1-10(2)8-18-14(19)5-6-17-9-11-3-4-13(16)12(15)7-11/h3-4,7,10,17H,5-6,8-9H2,1-2H3,(H,18,19). The molecule has 2 N–H and O–H groups in total. The molecule has 1 amide bonds. The lowest BCUT2D eigenvalue weighted by molar-refractivity contribution is -0.121. The van der Waals surface area contributed by atoms with Crippen LogP contribution in [0.5, 0.6) is 0 Å². The first-order valence-electron chi connectivity index (χ1n) is 6.40. The molecule has 0 atom stereocenters. The first kappa shape index (κ1) is 16.5. The summed E-state index contributed by atoms with van der Waals surface area (Å²) >= 11 is 9.31. The first-order valence-corrected chi connectivity index (χ1v) is 7.57. The maximum atomic E-state index is 11.5. The zero-order chi connectivity index (χ0) is 14.3. The SMILES string of the molecule is CC(C)CNC(=O)CCNCc1ccc(Cl)c(Br)c1. The van der Waals surface area contributed by atoms with Crippen molar-refractivity contribution in [3.63, 3.8) is 0 Å². The third-order valence-electron chi connectivity index (χ3n) is 2.55. The molecule has 0 bridgehead atoms. The summed E-state index contributed by atoms with van der Waals surface area (Å²) in [5.41, 5.74) is 1.14. The number of carbonyl (C=O) groups is 1. The van der Waals surface area contributed by atoms with E-state index >= 15 is 0 Å². The molecule has 0 aromatic heterocycles. The first-order chi connectivity index (χ1) is 8.99. The highest BCUT2D eigenvalue weighted by Gasteiger charge is 2.02. The van der Waals surface area contributed by atoms with E-state index in [9.17, 15) is 4.79 Å². The maximum Gasteiger partial charge on any atom is 0.221 e. The smallest absolute Gasteiger partial charge is 0.221 e. The third-order valence-corrected chi connectivity index (χ3v) is 3.76. The average molecular weight is 348 g/mol. The Morgan fingerprint density at radius 1 is 1.42 bits per heavy atom. The van der Waals surface area contributed by atoms with E-state index in [1.807, 2.05) is 18.2 Å². The fraction of sp³-hybridized carbons (Fsp3) is 0.500. The van der Waals surface area contributed by atoms with Crippen LogP contribution in [0.3, 0.4) is 0 Å². The van der Waals surface area contributed by atoms with Crippen LogP contribution in [0.25, 0.3) is 0 Å². The van der Waals surface area contributed by atoms with Gasteiger partial charge in [-0.05, 0) is 39.5 Å². The van der Waals surface area contributed by atoms with Crippen molar-refractivity contribution in [1.82, 2.24) is 10.6 Å². The van der Waals surface area contributed by atoms with Crippen LogP contribution in [-0.2, 0) is 11.3 Å². The molecule has 0 aliphatic rings. The Hall–Kier alpha value is -0.580. The zero-order valence-corrected chi connectivity index (χ0v) is 13.6. The Labute approximate surface area is 128 Å². The summed E-state index contributed by atoms with van der Waals surface area (Å²) in [6.45, 7) is 6.30. The van der Waals surface area contributed by atoms with Gasteiger partial charge in [0.25, 0.3) is 0 Å².